The van der Waals surface area contributed by atoms with Gasteiger partial charge in [-0.2, -0.15) is 0 Å². The molecule has 0 saturated carbocycles. The first-order valence-corrected chi connectivity index (χ1v) is 4.89. The lowest BCUT2D eigenvalue weighted by molar-refractivity contribution is 0.347. The van der Waals surface area contributed by atoms with Gasteiger partial charge < -0.3 is 5.32 Å². The molecule has 0 amide bonds. The quantitative estimate of drug-likeness (QED) is 0.749. The second-order valence-electron chi connectivity index (χ2n) is 5.59. The third kappa shape index (κ3) is 3.01. The van der Waals surface area contributed by atoms with E-state index in [2.05, 4.69) is 57.2 Å². The summed E-state index contributed by atoms with van der Waals surface area (Å²) in [4.78, 5) is 0. The number of nitrogens with zero attached hydrogens (tertiary/aromatic N) is 3. The third-order valence-corrected chi connectivity index (χ3v) is 1.68. The molecule has 1 aromatic rings. The van der Waals surface area contributed by atoms with Gasteiger partial charge in [-0.05, 0) is 41.5 Å². The van der Waals surface area contributed by atoms with E-state index in [1.165, 1.54) is 0 Å². The minimum absolute atomic E-state index is 0.00911. The average Bonchev–Trinajstić information content (AvgIpc) is 2.29. The van der Waals surface area contributed by atoms with Crippen molar-refractivity contribution in [3.63, 3.8) is 0 Å². The second kappa shape index (κ2) is 3.26. The Bertz CT molecular complexity index is 301. The summed E-state index contributed by atoms with van der Waals surface area (Å²) < 4.78 is 1.86. The normalized spacial score (nSPS) is 13.0. The standard InChI is InChI=1S/C10H20N4/c1-9(2,3)11-8-7-14(13-12-8)10(4,5)6/h7,11H,1-6H3. The number of aromatic nitrogens is 3. The van der Waals surface area contributed by atoms with Crippen LogP contribution in [0.15, 0.2) is 6.20 Å². The summed E-state index contributed by atoms with van der Waals surface area (Å²) in [5.41, 5.74) is 0.0174. The van der Waals surface area contributed by atoms with Crippen molar-refractivity contribution in [1.29, 1.82) is 0 Å². The first-order valence-electron chi connectivity index (χ1n) is 4.89. The molecule has 0 bridgehead atoms. The fourth-order valence-corrected chi connectivity index (χ4v) is 1.03. The Labute approximate surface area is 85.7 Å². The van der Waals surface area contributed by atoms with E-state index in [4.69, 9.17) is 0 Å². The molecule has 0 atom stereocenters. The van der Waals surface area contributed by atoms with E-state index in [1.807, 2.05) is 10.9 Å². The van der Waals surface area contributed by atoms with Crippen LogP contribution in [-0.2, 0) is 5.54 Å². The highest BCUT2D eigenvalue weighted by Gasteiger charge is 2.17. The maximum atomic E-state index is 4.08. The zero-order valence-corrected chi connectivity index (χ0v) is 9.92. The third-order valence-electron chi connectivity index (χ3n) is 1.68. The molecule has 4 nitrogen and oxygen atoms in total. The van der Waals surface area contributed by atoms with Gasteiger partial charge in [0, 0.05) is 5.54 Å². The molecule has 0 aliphatic heterocycles. The summed E-state index contributed by atoms with van der Waals surface area (Å²) in [6, 6.07) is 0. The Balaban J connectivity index is 2.79. The molecule has 4 heteroatoms. The lowest BCUT2D eigenvalue weighted by Gasteiger charge is -2.20. The molecular formula is C10H20N4. The van der Waals surface area contributed by atoms with Gasteiger partial charge in [0.05, 0.1) is 11.7 Å². The minimum Gasteiger partial charge on any atom is -0.363 e. The molecule has 14 heavy (non-hydrogen) atoms. The van der Waals surface area contributed by atoms with Crippen LogP contribution in [0.5, 0.6) is 0 Å². The number of hydrogen-bond acceptors (Lipinski definition) is 3. The summed E-state index contributed by atoms with van der Waals surface area (Å²) in [5, 5.41) is 11.4. The van der Waals surface area contributed by atoms with Crippen molar-refractivity contribution in [2.75, 3.05) is 5.32 Å². The summed E-state index contributed by atoms with van der Waals surface area (Å²) in [7, 11) is 0. The topological polar surface area (TPSA) is 42.7 Å². The highest BCUT2D eigenvalue weighted by Crippen LogP contribution is 2.16. The van der Waals surface area contributed by atoms with Crippen LogP contribution < -0.4 is 5.32 Å². The SMILES string of the molecule is CC(C)(C)Nc1cn(C(C)(C)C)nn1. The van der Waals surface area contributed by atoms with Gasteiger partial charge in [0.15, 0.2) is 5.82 Å². The molecule has 0 aliphatic rings. The van der Waals surface area contributed by atoms with Crippen LogP contribution in [0.3, 0.4) is 0 Å². The Morgan fingerprint density at radius 1 is 1.14 bits per heavy atom. The monoisotopic (exact) mass is 196 g/mol. The van der Waals surface area contributed by atoms with Crippen molar-refractivity contribution in [3.05, 3.63) is 6.20 Å². The van der Waals surface area contributed by atoms with Crippen molar-refractivity contribution in [3.8, 4) is 0 Å². The summed E-state index contributed by atoms with van der Waals surface area (Å²) >= 11 is 0. The van der Waals surface area contributed by atoms with Crippen LogP contribution in [0.1, 0.15) is 41.5 Å². The van der Waals surface area contributed by atoms with Crippen molar-refractivity contribution < 1.29 is 0 Å². The van der Waals surface area contributed by atoms with Gasteiger partial charge in [0.1, 0.15) is 0 Å². The van der Waals surface area contributed by atoms with Crippen molar-refractivity contribution in [1.82, 2.24) is 15.0 Å². The predicted octanol–water partition coefficient (Wildman–Crippen LogP) is 2.24. The molecule has 0 radical (unpaired) electrons. The molecule has 1 rings (SSSR count). The van der Waals surface area contributed by atoms with Crippen molar-refractivity contribution in [2.45, 2.75) is 52.6 Å². The van der Waals surface area contributed by atoms with E-state index in [-0.39, 0.29) is 11.1 Å². The van der Waals surface area contributed by atoms with Crippen molar-refractivity contribution in [2.24, 2.45) is 0 Å². The first-order chi connectivity index (χ1) is 6.18. The van der Waals surface area contributed by atoms with Gasteiger partial charge in [-0.3, -0.25) is 0 Å². The number of anilines is 1. The van der Waals surface area contributed by atoms with Crippen LogP contribution in [0.25, 0.3) is 0 Å². The highest BCUT2D eigenvalue weighted by atomic mass is 15.5. The smallest absolute Gasteiger partial charge is 0.168 e. The molecular weight excluding hydrogens is 176 g/mol. The number of rotatable bonds is 1. The van der Waals surface area contributed by atoms with E-state index in [9.17, 15) is 0 Å². The van der Waals surface area contributed by atoms with Gasteiger partial charge in [-0.1, -0.05) is 5.21 Å². The summed E-state index contributed by atoms with van der Waals surface area (Å²) in [6.07, 6.45) is 1.94. The fraction of sp³-hybridized carbons (Fsp3) is 0.800. The lowest BCUT2D eigenvalue weighted by Crippen LogP contribution is -2.26. The van der Waals surface area contributed by atoms with Crippen LogP contribution in [0, 0.1) is 0 Å². The second-order valence-corrected chi connectivity index (χ2v) is 5.59. The van der Waals surface area contributed by atoms with E-state index >= 15 is 0 Å². The first kappa shape index (κ1) is 11.0. The number of hydrogen-bond donors (Lipinski definition) is 1. The van der Waals surface area contributed by atoms with Crippen LogP contribution in [0.4, 0.5) is 5.82 Å². The van der Waals surface area contributed by atoms with Gasteiger partial charge in [0.2, 0.25) is 0 Å². The van der Waals surface area contributed by atoms with E-state index in [1.54, 1.807) is 0 Å². The Morgan fingerprint density at radius 3 is 2.07 bits per heavy atom. The van der Waals surface area contributed by atoms with Gasteiger partial charge >= 0.3 is 0 Å². The minimum atomic E-state index is -0.00911. The average molecular weight is 196 g/mol. The van der Waals surface area contributed by atoms with E-state index in [0.717, 1.165) is 5.82 Å². The molecule has 0 unspecified atom stereocenters. The van der Waals surface area contributed by atoms with E-state index in [0.29, 0.717) is 0 Å². The Kier molecular flexibility index (Phi) is 2.56. The molecule has 80 valence electrons. The predicted molar refractivity (Wildman–Crippen MR) is 58.4 cm³/mol. The number of nitrogens with one attached hydrogen (secondary N) is 1. The zero-order chi connectivity index (χ0) is 11.0. The highest BCUT2D eigenvalue weighted by molar-refractivity contribution is 5.32. The molecule has 1 aromatic heterocycles. The van der Waals surface area contributed by atoms with Gasteiger partial charge in [-0.15, -0.1) is 5.10 Å². The Hall–Kier alpha value is -1.06. The largest absolute Gasteiger partial charge is 0.363 e. The Morgan fingerprint density at radius 2 is 1.71 bits per heavy atom. The van der Waals surface area contributed by atoms with Gasteiger partial charge in [-0.25, -0.2) is 4.68 Å². The molecule has 1 N–H and O–H groups in total. The maximum Gasteiger partial charge on any atom is 0.168 e. The molecule has 0 saturated heterocycles. The van der Waals surface area contributed by atoms with E-state index < -0.39 is 0 Å². The van der Waals surface area contributed by atoms with Crippen LogP contribution in [-0.4, -0.2) is 20.5 Å². The summed E-state index contributed by atoms with van der Waals surface area (Å²) in [5.74, 6) is 0.826. The summed E-state index contributed by atoms with van der Waals surface area (Å²) in [6.45, 7) is 12.6. The maximum absolute atomic E-state index is 4.08. The molecule has 0 spiro atoms. The zero-order valence-electron chi connectivity index (χ0n) is 9.92. The van der Waals surface area contributed by atoms with Crippen LogP contribution >= 0.6 is 0 Å². The van der Waals surface area contributed by atoms with Crippen molar-refractivity contribution >= 4 is 5.82 Å². The molecule has 0 fully saturated rings. The lowest BCUT2D eigenvalue weighted by atomic mass is 10.1. The fourth-order valence-electron chi connectivity index (χ4n) is 1.03. The molecule has 0 aliphatic carbocycles. The molecule has 0 aromatic carbocycles. The van der Waals surface area contributed by atoms with Crippen LogP contribution in [0.2, 0.25) is 0 Å². The van der Waals surface area contributed by atoms with Gasteiger partial charge in [0.25, 0.3) is 0 Å². The molecule has 1 heterocycles.